The van der Waals surface area contributed by atoms with Crippen LogP contribution >= 0.6 is 15.9 Å². The van der Waals surface area contributed by atoms with Crippen LogP contribution in [0.1, 0.15) is 0 Å². The van der Waals surface area contributed by atoms with Gasteiger partial charge < -0.3 is 10.1 Å². The standard InChI is InChI=1S/C10H8BrN3O4/c11-7-1-2-9(8(5-7)14(16)17)18-6-10(15)13-4-3-12/h1-2,5H,4,6H2,(H,13,15). The number of hydrogen-bond acceptors (Lipinski definition) is 5. The molecule has 1 aromatic carbocycles. The van der Waals surface area contributed by atoms with Gasteiger partial charge in [0.25, 0.3) is 5.91 Å². The van der Waals surface area contributed by atoms with Gasteiger partial charge in [-0.25, -0.2) is 0 Å². The molecule has 0 radical (unpaired) electrons. The summed E-state index contributed by atoms with van der Waals surface area (Å²) in [5.74, 6) is -0.524. The van der Waals surface area contributed by atoms with Crippen LogP contribution in [0.3, 0.4) is 0 Å². The van der Waals surface area contributed by atoms with Crippen molar-refractivity contribution in [1.29, 1.82) is 5.26 Å². The Labute approximate surface area is 111 Å². The van der Waals surface area contributed by atoms with Crippen LogP contribution < -0.4 is 10.1 Å². The highest BCUT2D eigenvalue weighted by Crippen LogP contribution is 2.29. The number of carbonyl (C=O) groups excluding carboxylic acids is 1. The summed E-state index contributed by atoms with van der Waals surface area (Å²) in [4.78, 5) is 21.3. The molecule has 0 saturated heterocycles. The van der Waals surface area contributed by atoms with Crippen molar-refractivity contribution in [3.63, 3.8) is 0 Å². The molecule has 18 heavy (non-hydrogen) atoms. The van der Waals surface area contributed by atoms with E-state index in [0.29, 0.717) is 4.47 Å². The number of halogens is 1. The first-order chi connectivity index (χ1) is 8.54. The van der Waals surface area contributed by atoms with Gasteiger partial charge in [0.2, 0.25) is 0 Å². The number of nitrogens with zero attached hydrogens (tertiary/aromatic N) is 2. The van der Waals surface area contributed by atoms with Crippen molar-refractivity contribution in [3.05, 3.63) is 32.8 Å². The van der Waals surface area contributed by atoms with Crippen LogP contribution in [0.2, 0.25) is 0 Å². The van der Waals surface area contributed by atoms with Gasteiger partial charge in [0.15, 0.2) is 12.4 Å². The quantitative estimate of drug-likeness (QED) is 0.502. The molecule has 0 spiro atoms. The zero-order chi connectivity index (χ0) is 13.5. The number of nitro benzene ring substituents is 1. The molecule has 0 aliphatic carbocycles. The predicted octanol–water partition coefficient (Wildman–Crippen LogP) is 1.38. The lowest BCUT2D eigenvalue weighted by molar-refractivity contribution is -0.385. The Bertz CT molecular complexity index is 512. The first-order valence-corrected chi connectivity index (χ1v) is 5.54. The van der Waals surface area contributed by atoms with Crippen molar-refractivity contribution in [2.45, 2.75) is 0 Å². The molecule has 94 valence electrons. The van der Waals surface area contributed by atoms with Gasteiger partial charge in [0.05, 0.1) is 11.0 Å². The Kier molecular flexibility index (Phi) is 5.07. The van der Waals surface area contributed by atoms with Gasteiger partial charge in [0.1, 0.15) is 6.54 Å². The van der Waals surface area contributed by atoms with E-state index in [9.17, 15) is 14.9 Å². The predicted molar refractivity (Wildman–Crippen MR) is 64.9 cm³/mol. The Morgan fingerprint density at radius 3 is 2.94 bits per heavy atom. The van der Waals surface area contributed by atoms with Gasteiger partial charge in [-0.15, -0.1) is 0 Å². The number of nitriles is 1. The van der Waals surface area contributed by atoms with E-state index in [4.69, 9.17) is 10.00 Å². The van der Waals surface area contributed by atoms with Gasteiger partial charge in [-0.1, -0.05) is 15.9 Å². The van der Waals surface area contributed by atoms with Gasteiger partial charge in [-0.05, 0) is 12.1 Å². The molecule has 8 heteroatoms. The third-order valence-corrected chi connectivity index (χ3v) is 2.33. The number of nitrogens with one attached hydrogen (secondary N) is 1. The van der Waals surface area contributed by atoms with Crippen LogP contribution in [0.25, 0.3) is 0 Å². The van der Waals surface area contributed by atoms with Gasteiger partial charge in [0, 0.05) is 10.5 Å². The molecule has 1 N–H and O–H groups in total. The second kappa shape index (κ2) is 6.56. The minimum Gasteiger partial charge on any atom is -0.477 e. The van der Waals surface area contributed by atoms with Crippen molar-refractivity contribution in [1.82, 2.24) is 5.32 Å². The van der Waals surface area contributed by atoms with E-state index in [1.807, 2.05) is 0 Å². The summed E-state index contributed by atoms with van der Waals surface area (Å²) in [6.07, 6.45) is 0. The monoisotopic (exact) mass is 313 g/mol. The van der Waals surface area contributed by atoms with Crippen molar-refractivity contribution in [2.75, 3.05) is 13.2 Å². The molecule has 0 bridgehead atoms. The third-order valence-electron chi connectivity index (χ3n) is 1.84. The second-order valence-corrected chi connectivity index (χ2v) is 4.01. The van der Waals surface area contributed by atoms with Crippen LogP contribution in [0, 0.1) is 21.4 Å². The highest BCUT2D eigenvalue weighted by molar-refractivity contribution is 9.10. The number of nitro groups is 1. The van der Waals surface area contributed by atoms with Crippen molar-refractivity contribution in [3.8, 4) is 11.8 Å². The molecule has 0 aliphatic heterocycles. The molecule has 0 aromatic heterocycles. The molecular weight excluding hydrogens is 306 g/mol. The van der Waals surface area contributed by atoms with Gasteiger partial charge in [-0.2, -0.15) is 5.26 Å². The van der Waals surface area contributed by atoms with Crippen LogP contribution in [0.4, 0.5) is 5.69 Å². The van der Waals surface area contributed by atoms with E-state index in [1.165, 1.54) is 12.1 Å². The average Bonchev–Trinajstić information content (AvgIpc) is 2.34. The van der Waals surface area contributed by atoms with Crippen molar-refractivity contribution < 1.29 is 14.5 Å². The number of benzene rings is 1. The first-order valence-electron chi connectivity index (χ1n) is 4.75. The van der Waals surface area contributed by atoms with E-state index in [0.717, 1.165) is 0 Å². The summed E-state index contributed by atoms with van der Waals surface area (Å²) in [6.45, 7) is -0.519. The zero-order valence-electron chi connectivity index (χ0n) is 9.05. The molecule has 0 atom stereocenters. The molecule has 1 aromatic rings. The summed E-state index contributed by atoms with van der Waals surface area (Å²) in [5, 5.41) is 21.3. The van der Waals surface area contributed by atoms with Crippen LogP contribution in [0.5, 0.6) is 5.75 Å². The minimum absolute atomic E-state index is 0.00434. The second-order valence-electron chi connectivity index (χ2n) is 3.09. The normalized spacial score (nSPS) is 9.33. The maximum absolute atomic E-state index is 11.2. The highest BCUT2D eigenvalue weighted by Gasteiger charge is 2.16. The third kappa shape index (κ3) is 4.03. The molecule has 0 unspecified atom stereocenters. The smallest absolute Gasteiger partial charge is 0.312 e. The van der Waals surface area contributed by atoms with E-state index in [1.54, 1.807) is 12.1 Å². The van der Waals surface area contributed by atoms with Gasteiger partial charge >= 0.3 is 5.69 Å². The Morgan fingerprint density at radius 2 is 2.33 bits per heavy atom. The molecule has 1 amide bonds. The number of hydrogen-bond donors (Lipinski definition) is 1. The Balaban J connectivity index is 2.70. The first kappa shape index (κ1) is 13.9. The summed E-state index contributed by atoms with van der Waals surface area (Å²) in [7, 11) is 0. The minimum atomic E-state index is -0.604. The largest absolute Gasteiger partial charge is 0.477 e. The topological polar surface area (TPSA) is 105 Å². The molecule has 0 heterocycles. The molecule has 0 fully saturated rings. The molecule has 1 rings (SSSR count). The number of rotatable bonds is 5. The van der Waals surface area contributed by atoms with Crippen LogP contribution in [-0.4, -0.2) is 24.0 Å². The van der Waals surface area contributed by atoms with Crippen LogP contribution in [0.15, 0.2) is 22.7 Å². The number of ether oxygens (including phenoxy) is 1. The lowest BCUT2D eigenvalue weighted by atomic mass is 10.3. The van der Waals surface area contributed by atoms with Crippen molar-refractivity contribution >= 4 is 27.5 Å². The number of amides is 1. The summed E-state index contributed by atoms with van der Waals surface area (Å²) in [5.41, 5.74) is -0.238. The fourth-order valence-corrected chi connectivity index (χ4v) is 1.44. The molecular formula is C10H8BrN3O4. The Morgan fingerprint density at radius 1 is 1.61 bits per heavy atom. The fourth-order valence-electron chi connectivity index (χ4n) is 1.09. The van der Waals surface area contributed by atoms with Crippen LogP contribution in [-0.2, 0) is 4.79 Å². The molecule has 0 aliphatic rings. The lowest BCUT2D eigenvalue weighted by Gasteiger charge is -2.06. The van der Waals surface area contributed by atoms with E-state index in [-0.39, 0.29) is 24.6 Å². The fraction of sp³-hybridized carbons (Fsp3) is 0.200. The molecule has 7 nitrogen and oxygen atoms in total. The number of carbonyl (C=O) groups is 1. The summed E-state index contributed by atoms with van der Waals surface area (Å²) in [6, 6.07) is 5.97. The summed E-state index contributed by atoms with van der Waals surface area (Å²) < 4.78 is 5.57. The highest BCUT2D eigenvalue weighted by atomic mass is 79.9. The maximum atomic E-state index is 11.2. The lowest BCUT2D eigenvalue weighted by Crippen LogP contribution is -2.29. The van der Waals surface area contributed by atoms with E-state index >= 15 is 0 Å². The summed E-state index contributed by atoms with van der Waals surface area (Å²) >= 11 is 3.10. The van der Waals surface area contributed by atoms with Gasteiger partial charge in [-0.3, -0.25) is 14.9 Å². The molecule has 0 saturated carbocycles. The Hall–Kier alpha value is -2.14. The van der Waals surface area contributed by atoms with Crippen molar-refractivity contribution in [2.24, 2.45) is 0 Å². The average molecular weight is 314 g/mol. The van der Waals surface area contributed by atoms with E-state index < -0.39 is 10.8 Å². The SMILES string of the molecule is N#CCNC(=O)COc1ccc(Br)cc1[N+](=O)[O-]. The zero-order valence-corrected chi connectivity index (χ0v) is 10.6. The maximum Gasteiger partial charge on any atom is 0.312 e. The van der Waals surface area contributed by atoms with E-state index in [2.05, 4.69) is 21.2 Å².